The Hall–Kier alpha value is -2.80. The second-order valence-electron chi connectivity index (χ2n) is 5.75. The van der Waals surface area contributed by atoms with Crippen LogP contribution in [0.25, 0.3) is 11.3 Å². The Balaban J connectivity index is 1.72. The van der Waals surface area contributed by atoms with Crippen LogP contribution in [0.15, 0.2) is 40.6 Å². The van der Waals surface area contributed by atoms with Gasteiger partial charge in [-0.05, 0) is 38.0 Å². The second kappa shape index (κ2) is 7.40. The zero-order valence-corrected chi connectivity index (χ0v) is 14.8. The Morgan fingerprint density at radius 2 is 2.08 bits per heavy atom. The number of aromatic nitrogens is 3. The van der Waals surface area contributed by atoms with Gasteiger partial charge in [-0.15, -0.1) is 11.3 Å². The summed E-state index contributed by atoms with van der Waals surface area (Å²) in [5.74, 6) is -0.0394. The van der Waals surface area contributed by atoms with Gasteiger partial charge < -0.3 is 5.32 Å². The van der Waals surface area contributed by atoms with Crippen LogP contribution in [0, 0.1) is 13.8 Å². The first-order chi connectivity index (χ1) is 12.0. The third-order valence-corrected chi connectivity index (χ3v) is 4.91. The van der Waals surface area contributed by atoms with Crippen LogP contribution in [0.2, 0.25) is 0 Å². The molecule has 3 aromatic rings. The lowest BCUT2D eigenvalue weighted by molar-refractivity contribution is -0.116. The number of hydrogen-bond acceptors (Lipinski definition) is 5. The van der Waals surface area contributed by atoms with E-state index in [1.807, 2.05) is 32.0 Å². The maximum absolute atomic E-state index is 12.3. The highest BCUT2D eigenvalue weighted by molar-refractivity contribution is 7.09. The molecule has 0 aliphatic heterocycles. The molecule has 2 aromatic heterocycles. The summed E-state index contributed by atoms with van der Waals surface area (Å²) < 4.78 is 0. The number of hydrogen-bond donors (Lipinski definition) is 2. The fourth-order valence-corrected chi connectivity index (χ4v) is 3.21. The number of benzene rings is 1. The van der Waals surface area contributed by atoms with E-state index in [9.17, 15) is 9.59 Å². The summed E-state index contributed by atoms with van der Waals surface area (Å²) in [6.07, 6.45) is 1.09. The molecule has 0 spiro atoms. The van der Waals surface area contributed by atoms with Gasteiger partial charge in [0.15, 0.2) is 0 Å². The molecule has 2 N–H and O–H groups in total. The van der Waals surface area contributed by atoms with E-state index in [0.717, 1.165) is 27.4 Å². The SMILES string of the molecule is Cc1ccc(-c2ccc(=O)[nH]n2)cc1NC(=O)CCc1scnc1C. The largest absolute Gasteiger partial charge is 0.326 e. The molecular formula is C18H18N4O2S. The van der Waals surface area contributed by atoms with Gasteiger partial charge >= 0.3 is 0 Å². The zero-order chi connectivity index (χ0) is 17.8. The number of thiazole rings is 1. The fraction of sp³-hybridized carbons (Fsp3) is 0.222. The minimum Gasteiger partial charge on any atom is -0.326 e. The first-order valence-corrected chi connectivity index (χ1v) is 8.76. The molecule has 1 aromatic carbocycles. The van der Waals surface area contributed by atoms with E-state index >= 15 is 0 Å². The van der Waals surface area contributed by atoms with E-state index in [4.69, 9.17) is 0 Å². The van der Waals surface area contributed by atoms with E-state index < -0.39 is 0 Å². The van der Waals surface area contributed by atoms with E-state index in [2.05, 4.69) is 20.5 Å². The lowest BCUT2D eigenvalue weighted by atomic mass is 10.1. The molecule has 0 saturated heterocycles. The molecule has 0 saturated carbocycles. The first kappa shape index (κ1) is 17.0. The predicted octanol–water partition coefficient (Wildman–Crippen LogP) is 3.08. The molecule has 0 atom stereocenters. The average Bonchev–Trinajstić information content (AvgIpc) is 3.01. The summed E-state index contributed by atoms with van der Waals surface area (Å²) >= 11 is 1.57. The molecule has 0 fully saturated rings. The van der Waals surface area contributed by atoms with Crippen molar-refractivity contribution in [2.24, 2.45) is 0 Å². The predicted molar refractivity (Wildman–Crippen MR) is 98.8 cm³/mol. The number of amides is 1. The highest BCUT2D eigenvalue weighted by Gasteiger charge is 2.10. The minimum absolute atomic E-state index is 0.0394. The maximum atomic E-state index is 12.3. The third kappa shape index (κ3) is 4.19. The van der Waals surface area contributed by atoms with Gasteiger partial charge in [0, 0.05) is 28.6 Å². The summed E-state index contributed by atoms with van der Waals surface area (Å²) in [5.41, 5.74) is 5.73. The van der Waals surface area contributed by atoms with Crippen LogP contribution >= 0.6 is 11.3 Å². The van der Waals surface area contributed by atoms with Crippen molar-refractivity contribution in [3.05, 3.63) is 62.3 Å². The lowest BCUT2D eigenvalue weighted by Crippen LogP contribution is -2.13. The Labute approximate surface area is 149 Å². The minimum atomic E-state index is -0.247. The van der Waals surface area contributed by atoms with Gasteiger partial charge in [0.2, 0.25) is 5.91 Å². The molecule has 0 unspecified atom stereocenters. The molecule has 6 nitrogen and oxygen atoms in total. The van der Waals surface area contributed by atoms with Crippen molar-refractivity contribution in [2.45, 2.75) is 26.7 Å². The van der Waals surface area contributed by atoms with E-state index in [1.165, 1.54) is 6.07 Å². The Morgan fingerprint density at radius 3 is 2.76 bits per heavy atom. The monoisotopic (exact) mass is 354 g/mol. The highest BCUT2D eigenvalue weighted by atomic mass is 32.1. The van der Waals surface area contributed by atoms with Crippen LogP contribution in [0.1, 0.15) is 22.6 Å². The number of carbonyl (C=O) groups is 1. The van der Waals surface area contributed by atoms with Gasteiger partial charge in [-0.3, -0.25) is 9.59 Å². The van der Waals surface area contributed by atoms with Gasteiger partial charge in [0.1, 0.15) is 0 Å². The summed E-state index contributed by atoms with van der Waals surface area (Å²) in [6.45, 7) is 3.89. The number of nitrogens with one attached hydrogen (secondary N) is 2. The Kier molecular flexibility index (Phi) is 5.04. The van der Waals surface area contributed by atoms with Crippen LogP contribution in [-0.2, 0) is 11.2 Å². The van der Waals surface area contributed by atoms with Gasteiger partial charge in [0.05, 0.1) is 16.9 Å². The Bertz CT molecular complexity index is 941. The number of aromatic amines is 1. The van der Waals surface area contributed by atoms with Crippen LogP contribution in [0.4, 0.5) is 5.69 Å². The molecule has 1 amide bonds. The molecule has 3 rings (SSSR count). The highest BCUT2D eigenvalue weighted by Crippen LogP contribution is 2.24. The maximum Gasteiger partial charge on any atom is 0.264 e. The number of nitrogens with zero attached hydrogens (tertiary/aromatic N) is 2. The van der Waals surface area contributed by atoms with E-state index in [0.29, 0.717) is 18.5 Å². The van der Waals surface area contributed by atoms with Gasteiger partial charge in [-0.2, -0.15) is 5.10 Å². The molecule has 0 bridgehead atoms. The Morgan fingerprint density at radius 1 is 1.24 bits per heavy atom. The van der Waals surface area contributed by atoms with Crippen LogP contribution in [-0.4, -0.2) is 21.1 Å². The molecule has 0 radical (unpaired) electrons. The number of aryl methyl sites for hydroxylation is 3. The summed E-state index contributed by atoms with van der Waals surface area (Å²) in [7, 11) is 0. The molecule has 128 valence electrons. The molecule has 25 heavy (non-hydrogen) atoms. The van der Waals surface area contributed by atoms with Gasteiger partial charge in [-0.1, -0.05) is 12.1 Å². The summed E-state index contributed by atoms with van der Waals surface area (Å²) in [5, 5.41) is 9.40. The van der Waals surface area contributed by atoms with E-state index in [-0.39, 0.29) is 11.5 Å². The van der Waals surface area contributed by atoms with Crippen molar-refractivity contribution in [2.75, 3.05) is 5.32 Å². The normalized spacial score (nSPS) is 10.6. The smallest absolute Gasteiger partial charge is 0.264 e. The quantitative estimate of drug-likeness (QED) is 0.737. The number of carbonyl (C=O) groups excluding carboxylic acids is 1. The number of anilines is 1. The molecular weight excluding hydrogens is 336 g/mol. The van der Waals surface area contributed by atoms with Crippen LogP contribution in [0.3, 0.4) is 0 Å². The van der Waals surface area contributed by atoms with E-state index in [1.54, 1.807) is 22.9 Å². The van der Waals surface area contributed by atoms with Gasteiger partial charge in [0.25, 0.3) is 5.56 Å². The van der Waals surface area contributed by atoms with Crippen molar-refractivity contribution in [1.82, 2.24) is 15.2 Å². The molecule has 0 aliphatic rings. The van der Waals surface area contributed by atoms with Crippen molar-refractivity contribution in [3.63, 3.8) is 0 Å². The van der Waals surface area contributed by atoms with Gasteiger partial charge in [-0.25, -0.2) is 10.1 Å². The molecule has 2 heterocycles. The summed E-state index contributed by atoms with van der Waals surface area (Å²) in [6, 6.07) is 8.78. The summed E-state index contributed by atoms with van der Waals surface area (Å²) in [4.78, 5) is 28.7. The zero-order valence-electron chi connectivity index (χ0n) is 14.0. The van der Waals surface area contributed by atoms with Crippen molar-refractivity contribution in [1.29, 1.82) is 0 Å². The molecule has 0 aliphatic carbocycles. The third-order valence-electron chi connectivity index (χ3n) is 3.91. The van der Waals surface area contributed by atoms with Crippen molar-refractivity contribution in [3.8, 4) is 11.3 Å². The van der Waals surface area contributed by atoms with Crippen molar-refractivity contribution < 1.29 is 4.79 Å². The molecule has 7 heteroatoms. The second-order valence-corrected chi connectivity index (χ2v) is 6.68. The standard InChI is InChI=1S/C18H18N4O2S/c1-11-3-4-13(14-5-7-18(24)22-21-14)9-15(11)20-17(23)8-6-16-12(2)19-10-25-16/h3-5,7,9-10H,6,8H2,1-2H3,(H,20,23)(H,22,24). The number of rotatable bonds is 5. The first-order valence-electron chi connectivity index (χ1n) is 7.88. The topological polar surface area (TPSA) is 87.7 Å². The van der Waals surface area contributed by atoms with Crippen LogP contribution < -0.4 is 10.9 Å². The fourth-order valence-electron chi connectivity index (χ4n) is 2.43. The van der Waals surface area contributed by atoms with Crippen molar-refractivity contribution >= 4 is 22.9 Å². The van der Waals surface area contributed by atoms with Crippen LogP contribution in [0.5, 0.6) is 0 Å². The number of H-pyrrole nitrogens is 1. The average molecular weight is 354 g/mol. The lowest BCUT2D eigenvalue weighted by Gasteiger charge is -2.10.